The van der Waals surface area contributed by atoms with E-state index in [2.05, 4.69) is 15.5 Å². The first-order valence-corrected chi connectivity index (χ1v) is 11.3. The van der Waals surface area contributed by atoms with Crippen molar-refractivity contribution in [1.82, 2.24) is 10.2 Å². The van der Waals surface area contributed by atoms with E-state index in [1.165, 1.54) is 11.3 Å². The van der Waals surface area contributed by atoms with Crippen molar-refractivity contribution in [3.8, 4) is 11.5 Å². The largest absolute Gasteiger partial charge is 0.490 e. The summed E-state index contributed by atoms with van der Waals surface area (Å²) in [4.78, 5) is 27.0. The van der Waals surface area contributed by atoms with Crippen molar-refractivity contribution in [3.05, 3.63) is 59.1 Å². The van der Waals surface area contributed by atoms with Gasteiger partial charge in [-0.3, -0.25) is 14.9 Å². The zero-order valence-corrected chi connectivity index (χ0v) is 18.7. The molecule has 8 nitrogen and oxygen atoms in total. The van der Waals surface area contributed by atoms with E-state index in [-0.39, 0.29) is 17.7 Å². The first kappa shape index (κ1) is 21.8. The van der Waals surface area contributed by atoms with Crippen LogP contribution in [-0.4, -0.2) is 41.8 Å². The van der Waals surface area contributed by atoms with Crippen LogP contribution in [0, 0.1) is 0 Å². The number of nitrogens with zero attached hydrogens (tertiary/aromatic N) is 3. The number of carbonyl (C=O) groups excluding carboxylic acids is 2. The fourth-order valence-electron chi connectivity index (χ4n) is 3.54. The third-order valence-electron chi connectivity index (χ3n) is 5.01. The lowest BCUT2D eigenvalue weighted by molar-refractivity contribution is -0.117. The van der Waals surface area contributed by atoms with Gasteiger partial charge in [-0.05, 0) is 44.2 Å². The SMILES string of the molecule is CCOc1ccc(C(=O)Nc2nnc(C3CC(=O)N(c4ccccc4)C3)s2)cc1OCC. The third kappa shape index (κ3) is 4.72. The molecule has 0 saturated carbocycles. The molecule has 0 bridgehead atoms. The Labute approximate surface area is 190 Å². The molecule has 1 atom stereocenters. The summed E-state index contributed by atoms with van der Waals surface area (Å²) >= 11 is 1.29. The molecule has 1 unspecified atom stereocenters. The quantitative estimate of drug-likeness (QED) is 0.553. The van der Waals surface area contributed by atoms with Crippen LogP contribution < -0.4 is 19.7 Å². The first-order valence-electron chi connectivity index (χ1n) is 10.5. The second-order valence-corrected chi connectivity index (χ2v) is 8.18. The van der Waals surface area contributed by atoms with Crippen LogP contribution in [0.5, 0.6) is 11.5 Å². The van der Waals surface area contributed by atoms with Gasteiger partial charge in [-0.2, -0.15) is 0 Å². The fourth-order valence-corrected chi connectivity index (χ4v) is 4.37. The number of nitrogens with one attached hydrogen (secondary N) is 1. The summed E-state index contributed by atoms with van der Waals surface area (Å²) < 4.78 is 11.1. The molecule has 0 radical (unpaired) electrons. The number of aromatic nitrogens is 2. The number of amides is 2. The summed E-state index contributed by atoms with van der Waals surface area (Å²) in [7, 11) is 0. The molecule has 1 fully saturated rings. The molecule has 1 aliphatic rings. The molecule has 3 aromatic rings. The number of ether oxygens (including phenoxy) is 2. The summed E-state index contributed by atoms with van der Waals surface area (Å²) in [5.74, 6) is 0.800. The van der Waals surface area contributed by atoms with Gasteiger partial charge in [0.1, 0.15) is 5.01 Å². The fraction of sp³-hybridized carbons (Fsp3) is 0.304. The van der Waals surface area contributed by atoms with Crippen LogP contribution in [0.2, 0.25) is 0 Å². The van der Waals surface area contributed by atoms with Crippen molar-refractivity contribution in [2.75, 3.05) is 30.0 Å². The van der Waals surface area contributed by atoms with Gasteiger partial charge in [-0.15, -0.1) is 10.2 Å². The number of rotatable bonds is 8. The van der Waals surface area contributed by atoms with E-state index in [1.54, 1.807) is 23.1 Å². The predicted octanol–water partition coefficient (Wildman–Crippen LogP) is 4.11. The van der Waals surface area contributed by atoms with Gasteiger partial charge in [-0.25, -0.2) is 0 Å². The topological polar surface area (TPSA) is 93.7 Å². The maximum atomic E-state index is 12.7. The minimum Gasteiger partial charge on any atom is -0.490 e. The number of hydrogen-bond donors (Lipinski definition) is 1. The normalized spacial score (nSPS) is 15.6. The number of para-hydroxylation sites is 1. The van der Waals surface area contributed by atoms with Gasteiger partial charge in [0.15, 0.2) is 11.5 Å². The number of hydrogen-bond acceptors (Lipinski definition) is 7. The molecule has 2 heterocycles. The molecule has 1 aromatic heterocycles. The van der Waals surface area contributed by atoms with Gasteiger partial charge in [0.25, 0.3) is 5.91 Å². The summed E-state index contributed by atoms with van der Waals surface area (Å²) in [6.45, 7) is 5.27. The van der Waals surface area contributed by atoms with Crippen LogP contribution in [0.4, 0.5) is 10.8 Å². The number of carbonyl (C=O) groups is 2. The maximum absolute atomic E-state index is 12.7. The van der Waals surface area contributed by atoms with Crippen LogP contribution in [0.25, 0.3) is 0 Å². The zero-order valence-electron chi connectivity index (χ0n) is 17.9. The molecule has 2 amide bonds. The predicted molar refractivity (Wildman–Crippen MR) is 123 cm³/mol. The van der Waals surface area contributed by atoms with E-state index in [9.17, 15) is 9.59 Å². The summed E-state index contributed by atoms with van der Waals surface area (Å²) in [6, 6.07) is 14.6. The average Bonchev–Trinajstić information content (AvgIpc) is 3.42. The third-order valence-corrected chi connectivity index (χ3v) is 6.01. The van der Waals surface area contributed by atoms with Gasteiger partial charge in [0.05, 0.1) is 13.2 Å². The Kier molecular flexibility index (Phi) is 6.65. The van der Waals surface area contributed by atoms with Gasteiger partial charge >= 0.3 is 0 Å². The zero-order chi connectivity index (χ0) is 22.5. The smallest absolute Gasteiger partial charge is 0.257 e. The average molecular weight is 453 g/mol. The highest BCUT2D eigenvalue weighted by atomic mass is 32.1. The second kappa shape index (κ2) is 9.78. The lowest BCUT2D eigenvalue weighted by Crippen LogP contribution is -2.24. The number of anilines is 2. The molecule has 0 aliphatic carbocycles. The molecular formula is C23H24N4O4S. The standard InChI is InChI=1S/C23H24N4O4S/c1-3-30-18-11-10-15(12-19(18)31-4-2)21(29)24-23-26-25-22(32-23)16-13-20(28)27(14-16)17-8-6-5-7-9-17/h5-12,16H,3-4,13-14H2,1-2H3,(H,24,26,29). The summed E-state index contributed by atoms with van der Waals surface area (Å²) in [5, 5.41) is 12.2. The van der Waals surface area contributed by atoms with Crippen molar-refractivity contribution in [3.63, 3.8) is 0 Å². The maximum Gasteiger partial charge on any atom is 0.257 e. The van der Waals surface area contributed by atoms with Gasteiger partial charge < -0.3 is 14.4 Å². The Hall–Kier alpha value is -3.46. The lowest BCUT2D eigenvalue weighted by Gasteiger charge is -2.15. The molecule has 0 spiro atoms. The molecule has 166 valence electrons. The van der Waals surface area contributed by atoms with Crippen LogP contribution in [0.3, 0.4) is 0 Å². The highest BCUT2D eigenvalue weighted by molar-refractivity contribution is 7.15. The Balaban J connectivity index is 1.44. The van der Waals surface area contributed by atoms with Crippen molar-refractivity contribution >= 4 is 34.0 Å². The molecule has 32 heavy (non-hydrogen) atoms. The van der Waals surface area contributed by atoms with Crippen LogP contribution in [-0.2, 0) is 4.79 Å². The van der Waals surface area contributed by atoms with E-state index >= 15 is 0 Å². The molecule has 1 saturated heterocycles. The van der Waals surface area contributed by atoms with Gasteiger partial charge in [0, 0.05) is 30.1 Å². The molecule has 1 aliphatic heterocycles. The van der Waals surface area contributed by atoms with Crippen LogP contribution in [0.15, 0.2) is 48.5 Å². The highest BCUT2D eigenvalue weighted by Gasteiger charge is 2.33. The van der Waals surface area contributed by atoms with Crippen molar-refractivity contribution < 1.29 is 19.1 Å². The molecule has 2 aromatic carbocycles. The monoisotopic (exact) mass is 452 g/mol. The molecular weight excluding hydrogens is 428 g/mol. The Bertz CT molecular complexity index is 1100. The Morgan fingerprint density at radius 1 is 1.09 bits per heavy atom. The Morgan fingerprint density at radius 3 is 2.59 bits per heavy atom. The van der Waals surface area contributed by atoms with Crippen LogP contribution in [0.1, 0.15) is 41.6 Å². The van der Waals surface area contributed by atoms with Crippen molar-refractivity contribution in [2.45, 2.75) is 26.2 Å². The number of benzene rings is 2. The second-order valence-electron chi connectivity index (χ2n) is 7.17. The van der Waals surface area contributed by atoms with E-state index in [4.69, 9.17) is 9.47 Å². The lowest BCUT2D eigenvalue weighted by atomic mass is 10.1. The highest BCUT2D eigenvalue weighted by Crippen LogP contribution is 2.34. The molecule has 4 rings (SSSR count). The van der Waals surface area contributed by atoms with Gasteiger partial charge in [0.2, 0.25) is 11.0 Å². The van der Waals surface area contributed by atoms with Crippen molar-refractivity contribution in [1.29, 1.82) is 0 Å². The first-order chi connectivity index (χ1) is 15.6. The summed E-state index contributed by atoms with van der Waals surface area (Å²) in [6.07, 6.45) is 0.369. The molecule has 9 heteroatoms. The van der Waals surface area contributed by atoms with E-state index in [0.29, 0.717) is 48.4 Å². The molecule has 1 N–H and O–H groups in total. The minimum atomic E-state index is -0.315. The van der Waals surface area contributed by atoms with Crippen LogP contribution >= 0.6 is 11.3 Å². The van der Waals surface area contributed by atoms with E-state index < -0.39 is 0 Å². The summed E-state index contributed by atoms with van der Waals surface area (Å²) in [5.41, 5.74) is 1.30. The van der Waals surface area contributed by atoms with Crippen molar-refractivity contribution in [2.24, 2.45) is 0 Å². The minimum absolute atomic E-state index is 0.0547. The Morgan fingerprint density at radius 2 is 1.84 bits per heavy atom. The van der Waals surface area contributed by atoms with E-state index in [1.807, 2.05) is 44.2 Å². The van der Waals surface area contributed by atoms with Gasteiger partial charge in [-0.1, -0.05) is 29.5 Å². The van der Waals surface area contributed by atoms with E-state index in [0.717, 1.165) is 10.7 Å².